The lowest BCUT2D eigenvalue weighted by Crippen LogP contribution is -2.32. The molecule has 36 heavy (non-hydrogen) atoms. The van der Waals surface area contributed by atoms with Crippen LogP contribution < -0.4 is 4.57 Å². The summed E-state index contributed by atoms with van der Waals surface area (Å²) in [4.78, 5) is 3.75. The van der Waals surface area contributed by atoms with Crippen LogP contribution in [-0.4, -0.2) is 9.55 Å². The van der Waals surface area contributed by atoms with Crippen LogP contribution in [0.4, 0.5) is 0 Å². The molecule has 0 bridgehead atoms. The summed E-state index contributed by atoms with van der Waals surface area (Å²) < 4.78 is 4.73. The molecule has 5 aromatic carbocycles. The van der Waals surface area contributed by atoms with Gasteiger partial charge in [0, 0.05) is 21.6 Å². The highest BCUT2D eigenvalue weighted by Crippen LogP contribution is 2.53. The molecule has 0 fully saturated rings. The highest BCUT2D eigenvalue weighted by Gasteiger charge is 2.38. The Morgan fingerprint density at radius 1 is 0.722 bits per heavy atom. The van der Waals surface area contributed by atoms with Gasteiger partial charge in [-0.05, 0) is 45.8 Å². The Labute approximate surface area is 209 Å². The number of hydrogen-bond acceptors (Lipinski definition) is 0. The van der Waals surface area contributed by atoms with Gasteiger partial charge in [-0.1, -0.05) is 92.7 Å². The van der Waals surface area contributed by atoms with Crippen LogP contribution in [0.25, 0.3) is 60.7 Å². The molecule has 1 aliphatic rings. The maximum absolute atomic E-state index is 3.75. The Morgan fingerprint density at radius 2 is 1.47 bits per heavy atom. The molecular weight excluding hydrogens is 438 g/mol. The Hall–Kier alpha value is -4.37. The van der Waals surface area contributed by atoms with Crippen molar-refractivity contribution in [2.75, 3.05) is 0 Å². The SMILES string of the molecule is C[n+]1c(-n2c3ccccc3c3ccc4ccc5c(c4c32)C(C)(C)c2ccccc2-5)[nH]c2ccccc21. The van der Waals surface area contributed by atoms with Crippen molar-refractivity contribution in [3.05, 3.63) is 108 Å². The highest BCUT2D eigenvalue weighted by atomic mass is 15.2. The van der Waals surface area contributed by atoms with Gasteiger partial charge >= 0.3 is 5.95 Å². The minimum atomic E-state index is -0.0936. The predicted molar refractivity (Wildman–Crippen MR) is 149 cm³/mol. The van der Waals surface area contributed by atoms with E-state index in [1.165, 1.54) is 60.3 Å². The summed E-state index contributed by atoms with van der Waals surface area (Å²) in [5.74, 6) is 1.07. The lowest BCUT2D eigenvalue weighted by Gasteiger charge is -2.23. The summed E-state index contributed by atoms with van der Waals surface area (Å²) in [7, 11) is 2.16. The Morgan fingerprint density at radius 3 is 2.36 bits per heavy atom. The quantitative estimate of drug-likeness (QED) is 0.243. The van der Waals surface area contributed by atoms with Gasteiger partial charge in [0.15, 0.2) is 0 Å². The van der Waals surface area contributed by atoms with E-state index in [-0.39, 0.29) is 5.41 Å². The number of hydrogen-bond donors (Lipinski definition) is 1. The van der Waals surface area contributed by atoms with Gasteiger partial charge in [-0.15, -0.1) is 0 Å². The zero-order valence-corrected chi connectivity index (χ0v) is 20.6. The average Bonchev–Trinajstić information content (AvgIpc) is 3.50. The van der Waals surface area contributed by atoms with E-state index in [0.717, 1.165) is 11.5 Å². The van der Waals surface area contributed by atoms with Crippen LogP contribution in [0.15, 0.2) is 97.1 Å². The Balaban J connectivity index is 1.63. The fraction of sp³-hybridized carbons (Fsp3) is 0.121. The maximum atomic E-state index is 3.75. The van der Waals surface area contributed by atoms with Crippen molar-refractivity contribution in [3.63, 3.8) is 0 Å². The summed E-state index contributed by atoms with van der Waals surface area (Å²) >= 11 is 0. The van der Waals surface area contributed by atoms with Gasteiger partial charge in [0.1, 0.15) is 22.1 Å². The third-order valence-corrected chi connectivity index (χ3v) is 8.37. The summed E-state index contributed by atoms with van der Waals surface area (Å²) in [6.45, 7) is 4.76. The normalized spacial score (nSPS) is 14.2. The van der Waals surface area contributed by atoms with Crippen molar-refractivity contribution < 1.29 is 4.57 Å². The minimum absolute atomic E-state index is 0.0936. The van der Waals surface area contributed by atoms with Gasteiger partial charge in [0.2, 0.25) is 0 Å². The molecule has 1 N–H and O–H groups in total. The second-order valence-corrected chi connectivity index (χ2v) is 10.6. The number of imidazole rings is 1. The van der Waals surface area contributed by atoms with Crippen LogP contribution >= 0.6 is 0 Å². The van der Waals surface area contributed by atoms with Gasteiger partial charge in [0.25, 0.3) is 0 Å². The van der Waals surface area contributed by atoms with Crippen molar-refractivity contribution in [2.24, 2.45) is 7.05 Å². The number of nitrogens with one attached hydrogen (secondary N) is 1. The number of aromatic amines is 1. The van der Waals surface area contributed by atoms with Crippen LogP contribution in [0.2, 0.25) is 0 Å². The predicted octanol–water partition coefficient (Wildman–Crippen LogP) is 7.55. The lowest BCUT2D eigenvalue weighted by atomic mass is 9.80. The molecule has 0 amide bonds. The average molecular weight is 465 g/mol. The Kier molecular flexibility index (Phi) is 3.67. The molecule has 0 radical (unpaired) electrons. The van der Waals surface area contributed by atoms with Crippen LogP contribution in [-0.2, 0) is 12.5 Å². The summed E-state index contributed by atoms with van der Waals surface area (Å²) in [5, 5.41) is 5.20. The summed E-state index contributed by atoms with van der Waals surface area (Å²) in [6, 6.07) is 35.5. The first-order valence-electron chi connectivity index (χ1n) is 12.6. The van der Waals surface area contributed by atoms with Crippen molar-refractivity contribution >= 4 is 43.6 Å². The molecule has 172 valence electrons. The number of nitrogens with zero attached hydrogens (tertiary/aromatic N) is 2. The molecule has 0 saturated carbocycles. The zero-order valence-electron chi connectivity index (χ0n) is 20.6. The van der Waals surface area contributed by atoms with Crippen LogP contribution in [0, 0.1) is 0 Å². The van der Waals surface area contributed by atoms with Gasteiger partial charge in [-0.25, -0.2) is 9.55 Å². The molecule has 8 rings (SSSR count). The van der Waals surface area contributed by atoms with Gasteiger partial charge in [-0.3, -0.25) is 0 Å². The van der Waals surface area contributed by atoms with E-state index in [2.05, 4.69) is 132 Å². The molecular formula is C33H26N3+. The van der Waals surface area contributed by atoms with Crippen molar-refractivity contribution in [1.82, 2.24) is 9.55 Å². The number of rotatable bonds is 1. The molecule has 0 aliphatic heterocycles. The second kappa shape index (κ2) is 6.64. The first-order chi connectivity index (χ1) is 17.6. The molecule has 0 atom stereocenters. The van der Waals surface area contributed by atoms with Crippen molar-refractivity contribution in [3.8, 4) is 17.1 Å². The summed E-state index contributed by atoms with van der Waals surface area (Å²) in [6.07, 6.45) is 0. The fourth-order valence-electron chi connectivity index (χ4n) is 6.75. The molecule has 3 heteroatoms. The van der Waals surface area contributed by atoms with Crippen molar-refractivity contribution in [2.45, 2.75) is 19.3 Å². The topological polar surface area (TPSA) is 24.6 Å². The van der Waals surface area contributed by atoms with Crippen LogP contribution in [0.1, 0.15) is 25.0 Å². The smallest absolute Gasteiger partial charge is 0.241 e. The molecule has 3 nitrogen and oxygen atoms in total. The first-order valence-corrected chi connectivity index (χ1v) is 12.6. The highest BCUT2D eigenvalue weighted by molar-refractivity contribution is 6.20. The third-order valence-electron chi connectivity index (χ3n) is 8.37. The van der Waals surface area contributed by atoms with Crippen molar-refractivity contribution in [1.29, 1.82) is 0 Å². The number of aromatic nitrogens is 3. The molecule has 2 aromatic heterocycles. The largest absolute Gasteiger partial charge is 0.368 e. The van der Waals surface area contributed by atoms with Gasteiger partial charge in [-0.2, -0.15) is 4.57 Å². The lowest BCUT2D eigenvalue weighted by molar-refractivity contribution is -0.638. The van der Waals surface area contributed by atoms with E-state index in [0.29, 0.717) is 0 Å². The molecule has 0 saturated heterocycles. The summed E-state index contributed by atoms with van der Waals surface area (Å²) in [5.41, 5.74) is 10.3. The van der Waals surface area contributed by atoms with E-state index < -0.39 is 0 Å². The number of fused-ring (bicyclic) bond motifs is 10. The standard InChI is InChI=1S/C33H25N3/c1-33(2)25-12-6-4-10-21(25)23-18-16-20-17-19-24-22-11-5-8-14-27(22)36(31(24)29(20)30(23)33)32-34-26-13-7-9-15-28(26)35(32)3/h4-19H,1-3H3/p+1. The van der Waals surface area contributed by atoms with Gasteiger partial charge < -0.3 is 0 Å². The number of benzene rings is 5. The van der Waals surface area contributed by atoms with E-state index in [9.17, 15) is 0 Å². The molecule has 1 aliphatic carbocycles. The maximum Gasteiger partial charge on any atom is 0.368 e. The van der Waals surface area contributed by atoms with E-state index in [1.54, 1.807) is 0 Å². The number of para-hydroxylation sites is 3. The number of H-pyrrole nitrogens is 1. The second-order valence-electron chi connectivity index (χ2n) is 10.6. The molecule has 0 unspecified atom stereocenters. The minimum Gasteiger partial charge on any atom is -0.241 e. The fourth-order valence-corrected chi connectivity index (χ4v) is 6.75. The van der Waals surface area contributed by atoms with Crippen LogP contribution in [0.5, 0.6) is 0 Å². The van der Waals surface area contributed by atoms with Crippen LogP contribution in [0.3, 0.4) is 0 Å². The molecule has 7 aromatic rings. The van der Waals surface area contributed by atoms with E-state index >= 15 is 0 Å². The van der Waals surface area contributed by atoms with E-state index in [1.807, 2.05) is 0 Å². The van der Waals surface area contributed by atoms with Gasteiger partial charge in [0.05, 0.1) is 7.05 Å². The molecule has 2 heterocycles. The zero-order chi connectivity index (χ0) is 24.2. The monoisotopic (exact) mass is 464 g/mol. The number of aryl methyl sites for hydroxylation is 1. The third kappa shape index (κ3) is 2.31. The Bertz CT molecular complexity index is 2030. The first kappa shape index (κ1) is 19.9. The molecule has 0 spiro atoms. The van der Waals surface area contributed by atoms with E-state index in [4.69, 9.17) is 0 Å².